The molecule has 1 aliphatic heterocycles. The van der Waals surface area contributed by atoms with Gasteiger partial charge in [-0.3, -0.25) is 9.20 Å². The highest BCUT2D eigenvalue weighted by molar-refractivity contribution is 7.15. The van der Waals surface area contributed by atoms with E-state index in [0.717, 1.165) is 6.42 Å². The number of hydrogen-bond donors (Lipinski definition) is 2. The molecule has 0 bridgehead atoms. The molecule has 0 aliphatic carbocycles. The third-order valence-electron chi connectivity index (χ3n) is 3.52. The second kappa shape index (κ2) is 4.78. The number of likely N-dealkylation sites (N-methyl/N-ethyl adjacent to an activating group) is 1. The lowest BCUT2D eigenvalue weighted by Crippen LogP contribution is -2.42. The highest BCUT2D eigenvalue weighted by Gasteiger charge is 2.35. The highest BCUT2D eigenvalue weighted by atomic mass is 32.1. The molecule has 1 fully saturated rings. The average molecular weight is 294 g/mol. The fourth-order valence-electron chi connectivity index (χ4n) is 2.63. The van der Waals surface area contributed by atoms with Crippen molar-refractivity contribution >= 4 is 34.0 Å². The van der Waals surface area contributed by atoms with Gasteiger partial charge < -0.3 is 15.3 Å². The molecule has 1 unspecified atom stereocenters. The Hall–Kier alpha value is -2.09. The Labute approximate surface area is 118 Å². The summed E-state index contributed by atoms with van der Waals surface area (Å²) in [7, 11) is 1.59. The average Bonchev–Trinajstić information content (AvgIpc) is 3.10. The van der Waals surface area contributed by atoms with Crippen molar-refractivity contribution < 1.29 is 14.7 Å². The van der Waals surface area contributed by atoms with Crippen molar-refractivity contribution in [2.24, 2.45) is 0 Å². The minimum Gasteiger partial charge on any atom is -0.476 e. The standard InChI is InChI=1S/C12H14N4O3S/c1-13-10(17)7-3-2-4-15(7)9-8(11(18)19)16-5-6-20-12(16)14-9/h5-7H,2-4H2,1H3,(H,13,17)(H,18,19). The molecule has 0 aromatic carbocycles. The maximum atomic E-state index is 11.9. The lowest BCUT2D eigenvalue weighted by molar-refractivity contribution is -0.121. The summed E-state index contributed by atoms with van der Waals surface area (Å²) in [5.74, 6) is -0.751. The molecule has 106 valence electrons. The Morgan fingerprint density at radius 1 is 1.55 bits per heavy atom. The SMILES string of the molecule is CNC(=O)C1CCCN1c1nc2sccn2c1C(=O)O. The number of aromatic carboxylic acids is 1. The van der Waals surface area contributed by atoms with E-state index in [1.165, 1.54) is 11.3 Å². The molecule has 1 aliphatic rings. The van der Waals surface area contributed by atoms with E-state index in [1.807, 2.05) is 0 Å². The molecular formula is C12H14N4O3S. The molecule has 20 heavy (non-hydrogen) atoms. The first-order chi connectivity index (χ1) is 9.63. The van der Waals surface area contributed by atoms with Gasteiger partial charge in [0, 0.05) is 25.2 Å². The molecule has 0 radical (unpaired) electrons. The van der Waals surface area contributed by atoms with Crippen molar-refractivity contribution in [3.05, 3.63) is 17.3 Å². The summed E-state index contributed by atoms with van der Waals surface area (Å²) in [6.45, 7) is 0.642. The molecule has 0 saturated carbocycles. The van der Waals surface area contributed by atoms with E-state index in [9.17, 15) is 14.7 Å². The van der Waals surface area contributed by atoms with Gasteiger partial charge in [0.1, 0.15) is 6.04 Å². The van der Waals surface area contributed by atoms with Crippen LogP contribution >= 0.6 is 11.3 Å². The molecule has 2 aromatic heterocycles. The first-order valence-electron chi connectivity index (χ1n) is 6.30. The summed E-state index contributed by atoms with van der Waals surface area (Å²) >= 11 is 1.38. The van der Waals surface area contributed by atoms with E-state index < -0.39 is 5.97 Å². The van der Waals surface area contributed by atoms with Crippen molar-refractivity contribution in [2.45, 2.75) is 18.9 Å². The molecule has 1 saturated heterocycles. The van der Waals surface area contributed by atoms with Crippen LogP contribution in [0, 0.1) is 0 Å². The van der Waals surface area contributed by atoms with Crippen LogP contribution < -0.4 is 10.2 Å². The van der Waals surface area contributed by atoms with Crippen molar-refractivity contribution in [3.8, 4) is 0 Å². The van der Waals surface area contributed by atoms with Crippen LogP contribution in [0.15, 0.2) is 11.6 Å². The Kier molecular flexibility index (Phi) is 3.09. The van der Waals surface area contributed by atoms with Crippen LogP contribution in [-0.2, 0) is 4.79 Å². The van der Waals surface area contributed by atoms with Gasteiger partial charge in [0.15, 0.2) is 16.5 Å². The Balaban J connectivity index is 2.09. The zero-order valence-corrected chi connectivity index (χ0v) is 11.7. The van der Waals surface area contributed by atoms with Crippen molar-refractivity contribution in [2.75, 3.05) is 18.5 Å². The zero-order chi connectivity index (χ0) is 14.3. The van der Waals surface area contributed by atoms with Crippen molar-refractivity contribution in [1.29, 1.82) is 0 Å². The second-order valence-electron chi connectivity index (χ2n) is 4.61. The first-order valence-corrected chi connectivity index (χ1v) is 7.18. The highest BCUT2D eigenvalue weighted by Crippen LogP contribution is 2.30. The third kappa shape index (κ3) is 1.83. The predicted octanol–water partition coefficient (Wildman–Crippen LogP) is 0.809. The summed E-state index contributed by atoms with van der Waals surface area (Å²) in [6, 6.07) is -0.345. The Morgan fingerprint density at radius 3 is 3.05 bits per heavy atom. The molecule has 3 rings (SSSR count). The molecule has 2 aromatic rings. The fourth-order valence-corrected chi connectivity index (χ4v) is 3.34. The molecular weight excluding hydrogens is 280 g/mol. The number of nitrogens with one attached hydrogen (secondary N) is 1. The first kappa shape index (κ1) is 12.9. The molecule has 3 heterocycles. The molecule has 0 spiro atoms. The minimum atomic E-state index is -1.03. The minimum absolute atomic E-state index is 0.102. The van der Waals surface area contributed by atoms with Crippen LogP contribution in [0.4, 0.5) is 5.82 Å². The summed E-state index contributed by atoms with van der Waals surface area (Å²) in [4.78, 5) is 30.2. The number of fused-ring (bicyclic) bond motifs is 1. The van der Waals surface area contributed by atoms with E-state index in [1.54, 1.807) is 27.9 Å². The predicted molar refractivity (Wildman–Crippen MR) is 74.5 cm³/mol. The number of imidazole rings is 1. The van der Waals surface area contributed by atoms with Crippen LogP contribution in [0.1, 0.15) is 23.3 Å². The van der Waals surface area contributed by atoms with Gasteiger partial charge in [-0.05, 0) is 12.8 Å². The van der Waals surface area contributed by atoms with Crippen molar-refractivity contribution in [1.82, 2.24) is 14.7 Å². The number of aromatic nitrogens is 2. The van der Waals surface area contributed by atoms with Gasteiger partial charge in [0.05, 0.1) is 0 Å². The van der Waals surface area contributed by atoms with Crippen LogP contribution in [0.25, 0.3) is 4.96 Å². The molecule has 1 amide bonds. The van der Waals surface area contributed by atoms with E-state index in [-0.39, 0.29) is 17.6 Å². The smallest absolute Gasteiger partial charge is 0.356 e. The summed E-state index contributed by atoms with van der Waals surface area (Å²) < 4.78 is 1.56. The monoisotopic (exact) mass is 294 g/mol. The van der Waals surface area contributed by atoms with Gasteiger partial charge in [-0.15, -0.1) is 11.3 Å². The number of amides is 1. The third-order valence-corrected chi connectivity index (χ3v) is 4.28. The number of carboxylic acid groups (broad SMARTS) is 1. The van der Waals surface area contributed by atoms with Gasteiger partial charge in [0.25, 0.3) is 0 Å². The summed E-state index contributed by atoms with van der Waals surface area (Å²) in [5, 5.41) is 13.8. The van der Waals surface area contributed by atoms with E-state index in [0.29, 0.717) is 23.7 Å². The molecule has 2 N–H and O–H groups in total. The summed E-state index contributed by atoms with van der Waals surface area (Å²) in [6.07, 6.45) is 3.25. The molecule has 1 atom stereocenters. The lowest BCUT2D eigenvalue weighted by Gasteiger charge is -2.23. The van der Waals surface area contributed by atoms with Gasteiger partial charge in [-0.1, -0.05) is 0 Å². The number of thiazole rings is 1. The number of rotatable bonds is 3. The Morgan fingerprint density at radius 2 is 2.35 bits per heavy atom. The van der Waals surface area contributed by atoms with Crippen LogP contribution in [0.2, 0.25) is 0 Å². The maximum Gasteiger partial charge on any atom is 0.356 e. The van der Waals surface area contributed by atoms with Gasteiger partial charge in [-0.2, -0.15) is 0 Å². The number of anilines is 1. The van der Waals surface area contributed by atoms with Crippen molar-refractivity contribution in [3.63, 3.8) is 0 Å². The summed E-state index contributed by atoms with van der Waals surface area (Å²) in [5.41, 5.74) is 0.122. The van der Waals surface area contributed by atoms with Gasteiger partial charge >= 0.3 is 5.97 Å². The van der Waals surface area contributed by atoms with Gasteiger partial charge in [0.2, 0.25) is 5.91 Å². The van der Waals surface area contributed by atoms with E-state index in [4.69, 9.17) is 0 Å². The van der Waals surface area contributed by atoms with Crippen LogP contribution in [-0.4, -0.2) is 46.0 Å². The van der Waals surface area contributed by atoms with Crippen LogP contribution in [0.3, 0.4) is 0 Å². The van der Waals surface area contributed by atoms with Gasteiger partial charge in [-0.25, -0.2) is 9.78 Å². The van der Waals surface area contributed by atoms with Crippen LogP contribution in [0.5, 0.6) is 0 Å². The Bertz CT molecular complexity index is 677. The number of nitrogens with zero attached hydrogens (tertiary/aromatic N) is 3. The molecule has 7 nitrogen and oxygen atoms in total. The number of carbonyl (C=O) groups is 2. The maximum absolute atomic E-state index is 11.9. The largest absolute Gasteiger partial charge is 0.476 e. The normalized spacial score (nSPS) is 18.6. The number of carboxylic acids is 1. The van der Waals surface area contributed by atoms with E-state index >= 15 is 0 Å². The molecule has 8 heteroatoms. The zero-order valence-electron chi connectivity index (χ0n) is 10.9. The fraction of sp³-hybridized carbons (Fsp3) is 0.417. The number of carbonyl (C=O) groups excluding carboxylic acids is 1. The second-order valence-corrected chi connectivity index (χ2v) is 5.48. The quantitative estimate of drug-likeness (QED) is 0.874. The lowest BCUT2D eigenvalue weighted by atomic mass is 10.2. The number of hydrogen-bond acceptors (Lipinski definition) is 5. The topological polar surface area (TPSA) is 86.9 Å². The van der Waals surface area contributed by atoms with E-state index in [2.05, 4.69) is 10.3 Å².